The third-order valence-corrected chi connectivity index (χ3v) is 6.71. The van der Waals surface area contributed by atoms with Gasteiger partial charge < -0.3 is 15.0 Å². The van der Waals surface area contributed by atoms with Gasteiger partial charge in [-0.1, -0.05) is 48.3 Å². The Labute approximate surface area is 207 Å². The van der Waals surface area contributed by atoms with E-state index < -0.39 is 12.1 Å². The van der Waals surface area contributed by atoms with Crippen LogP contribution >= 0.6 is 15.9 Å². The molecule has 0 saturated carbocycles. The lowest BCUT2D eigenvalue weighted by Gasteiger charge is -2.22. The predicted octanol–water partition coefficient (Wildman–Crippen LogP) is 5.92. The Kier molecular flexibility index (Phi) is 7.46. The Balaban J connectivity index is 1.59. The zero-order valence-electron chi connectivity index (χ0n) is 19.6. The summed E-state index contributed by atoms with van der Waals surface area (Å²) >= 11 is 3.50. The highest BCUT2D eigenvalue weighted by molar-refractivity contribution is 9.10. The van der Waals surface area contributed by atoms with E-state index in [0.29, 0.717) is 6.42 Å². The highest BCUT2D eigenvalue weighted by Crippen LogP contribution is 2.31. The number of benzene rings is 1. The van der Waals surface area contributed by atoms with Crippen LogP contribution in [0.1, 0.15) is 51.3 Å². The second-order valence-electron chi connectivity index (χ2n) is 8.98. The first-order chi connectivity index (χ1) is 16.4. The van der Waals surface area contributed by atoms with Gasteiger partial charge in [-0.25, -0.2) is 14.8 Å². The number of ketones is 1. The quantitative estimate of drug-likeness (QED) is 0.417. The molecule has 0 aliphatic heterocycles. The summed E-state index contributed by atoms with van der Waals surface area (Å²) in [7, 11) is 1.30. The van der Waals surface area contributed by atoms with E-state index in [1.54, 1.807) is 6.20 Å². The van der Waals surface area contributed by atoms with Crippen molar-refractivity contribution in [2.24, 2.45) is 5.92 Å². The number of hydrogen-bond donors (Lipinski definition) is 2. The summed E-state index contributed by atoms with van der Waals surface area (Å²) in [4.78, 5) is 37.9. The van der Waals surface area contributed by atoms with Gasteiger partial charge >= 0.3 is 6.09 Å². The van der Waals surface area contributed by atoms with E-state index in [2.05, 4.69) is 31.2 Å². The molecule has 1 aromatic carbocycles. The van der Waals surface area contributed by atoms with Crippen LogP contribution in [0.25, 0.3) is 22.3 Å². The lowest BCUT2D eigenvalue weighted by atomic mass is 9.91. The van der Waals surface area contributed by atoms with E-state index >= 15 is 0 Å². The van der Waals surface area contributed by atoms with Gasteiger partial charge in [-0.2, -0.15) is 0 Å². The second-order valence-corrected chi connectivity index (χ2v) is 9.90. The molecule has 2 unspecified atom stereocenters. The molecule has 1 aliphatic carbocycles. The van der Waals surface area contributed by atoms with Crippen molar-refractivity contribution in [3.8, 4) is 11.4 Å². The van der Waals surface area contributed by atoms with Gasteiger partial charge in [0.25, 0.3) is 0 Å². The van der Waals surface area contributed by atoms with Crippen molar-refractivity contribution >= 4 is 38.7 Å². The van der Waals surface area contributed by atoms with Crippen molar-refractivity contribution in [1.82, 2.24) is 20.3 Å². The number of fused-ring (bicyclic) bond motifs is 1. The molecule has 0 radical (unpaired) electrons. The molecule has 1 aliphatic rings. The smallest absolute Gasteiger partial charge is 0.407 e. The normalized spacial score (nSPS) is 17.2. The Bertz CT molecular complexity index is 1230. The summed E-state index contributed by atoms with van der Waals surface area (Å²) in [6, 6.07) is 9.41. The zero-order valence-corrected chi connectivity index (χ0v) is 21.2. The maximum absolute atomic E-state index is 13.3. The maximum atomic E-state index is 13.3. The summed E-state index contributed by atoms with van der Waals surface area (Å²) in [6.45, 7) is 3.84. The number of halogens is 1. The highest BCUT2D eigenvalue weighted by atomic mass is 79.9. The third-order valence-electron chi connectivity index (χ3n) is 6.21. The topological polar surface area (TPSA) is 97.0 Å². The van der Waals surface area contributed by atoms with Crippen LogP contribution in [0.4, 0.5) is 4.79 Å². The van der Waals surface area contributed by atoms with Crippen molar-refractivity contribution in [1.29, 1.82) is 0 Å². The van der Waals surface area contributed by atoms with E-state index in [-0.39, 0.29) is 17.6 Å². The van der Waals surface area contributed by atoms with Crippen molar-refractivity contribution < 1.29 is 14.3 Å². The molecule has 2 atom stereocenters. The number of ether oxygens (including phenoxy) is 1. The van der Waals surface area contributed by atoms with E-state index in [0.717, 1.165) is 57.4 Å². The molecule has 8 heteroatoms. The number of methoxy groups -OCH3 is 1. The van der Waals surface area contributed by atoms with Gasteiger partial charge in [-0.05, 0) is 55.0 Å². The zero-order chi connectivity index (χ0) is 24.2. The Morgan fingerprint density at radius 1 is 1.21 bits per heavy atom. The summed E-state index contributed by atoms with van der Waals surface area (Å²) < 4.78 is 5.73. The molecule has 0 bridgehead atoms. The number of rotatable bonds is 6. The van der Waals surface area contributed by atoms with Gasteiger partial charge in [0, 0.05) is 15.8 Å². The van der Waals surface area contributed by atoms with Gasteiger partial charge in [0.1, 0.15) is 5.82 Å². The van der Waals surface area contributed by atoms with Crippen LogP contribution in [-0.4, -0.2) is 40.0 Å². The van der Waals surface area contributed by atoms with Crippen LogP contribution in [0.2, 0.25) is 0 Å². The fourth-order valence-electron chi connectivity index (χ4n) is 4.33. The minimum Gasteiger partial charge on any atom is -0.453 e. The first-order valence-electron chi connectivity index (χ1n) is 11.6. The summed E-state index contributed by atoms with van der Waals surface area (Å²) in [5.41, 5.74) is 3.32. The molecule has 0 saturated heterocycles. The number of imidazole rings is 1. The van der Waals surface area contributed by atoms with Crippen LogP contribution in [0, 0.1) is 5.92 Å². The van der Waals surface area contributed by atoms with Crippen LogP contribution < -0.4 is 5.32 Å². The largest absolute Gasteiger partial charge is 0.453 e. The lowest BCUT2D eigenvalue weighted by Crippen LogP contribution is -2.45. The van der Waals surface area contributed by atoms with Gasteiger partial charge in [0.2, 0.25) is 0 Å². The number of hydrogen-bond acceptors (Lipinski definition) is 5. The number of aromatic nitrogens is 3. The number of pyridine rings is 1. The van der Waals surface area contributed by atoms with E-state index in [4.69, 9.17) is 9.72 Å². The Morgan fingerprint density at radius 3 is 2.79 bits per heavy atom. The van der Waals surface area contributed by atoms with Crippen molar-refractivity contribution in [2.45, 2.75) is 51.5 Å². The highest BCUT2D eigenvalue weighted by Gasteiger charge is 2.29. The minimum absolute atomic E-state index is 0.00227. The fraction of sp³-hybridized carbons (Fsp3) is 0.385. The predicted molar refractivity (Wildman–Crippen MR) is 135 cm³/mol. The average molecular weight is 525 g/mol. The van der Waals surface area contributed by atoms with E-state index in [9.17, 15) is 9.59 Å². The van der Waals surface area contributed by atoms with Gasteiger partial charge in [0.05, 0.1) is 36.3 Å². The van der Waals surface area contributed by atoms with Gasteiger partial charge in [-0.3, -0.25) is 4.79 Å². The third kappa shape index (κ3) is 5.38. The molecule has 2 N–H and O–H groups in total. The molecular formula is C26H29BrN4O3. The molecule has 0 fully saturated rings. The molecule has 0 spiro atoms. The number of Topliss-reactive ketones (excluding diaryl/α,β-unsaturated/α-hetero) is 1. The van der Waals surface area contributed by atoms with Crippen LogP contribution in [0.5, 0.6) is 0 Å². The summed E-state index contributed by atoms with van der Waals surface area (Å²) in [6.07, 6.45) is 6.75. The monoisotopic (exact) mass is 524 g/mol. The van der Waals surface area contributed by atoms with Crippen molar-refractivity contribution in [2.75, 3.05) is 7.11 Å². The number of carbonyl (C=O) groups excluding carboxylic acids is 2. The fourth-order valence-corrected chi connectivity index (χ4v) is 4.71. The molecule has 178 valence electrons. The van der Waals surface area contributed by atoms with Gasteiger partial charge in [-0.15, -0.1) is 0 Å². The molecule has 4 rings (SSSR count). The summed E-state index contributed by atoms with van der Waals surface area (Å²) in [5.74, 6) is 0.713. The number of aromatic amines is 1. The Hall–Kier alpha value is -3.00. The molecule has 1 amide bonds. The van der Waals surface area contributed by atoms with E-state index in [1.165, 1.54) is 7.11 Å². The number of allylic oxidation sites excluding steroid dienone is 1. The SMILES string of the molecule is COC(=O)NC(C(=O)C1=CC(c2ncc(-c3ccc4cc(Br)ccc4n3)[nH]2)CCCC1)C(C)C. The first-order valence-corrected chi connectivity index (χ1v) is 12.4. The number of amides is 1. The van der Waals surface area contributed by atoms with Crippen LogP contribution in [0.15, 0.2) is 52.7 Å². The van der Waals surface area contributed by atoms with Crippen LogP contribution in [-0.2, 0) is 9.53 Å². The maximum Gasteiger partial charge on any atom is 0.407 e. The van der Waals surface area contributed by atoms with Gasteiger partial charge in [0.15, 0.2) is 5.78 Å². The molecule has 2 heterocycles. The number of alkyl carbamates (subject to hydrolysis) is 1. The molecule has 34 heavy (non-hydrogen) atoms. The van der Waals surface area contributed by atoms with Crippen molar-refractivity contribution in [3.63, 3.8) is 0 Å². The second kappa shape index (κ2) is 10.5. The molecule has 7 nitrogen and oxygen atoms in total. The minimum atomic E-state index is -0.619. The van der Waals surface area contributed by atoms with Crippen LogP contribution in [0.3, 0.4) is 0 Å². The molecule has 2 aromatic heterocycles. The number of carbonyl (C=O) groups is 2. The standard InChI is InChI=1S/C26H29BrN4O3/c1-15(2)23(31-26(33)34-3)24(32)17-6-4-5-7-18(12-17)25-28-14-22(30-25)21-10-8-16-13-19(27)9-11-20(16)29-21/h8-15,18,23H,4-7H2,1-3H3,(H,28,30)(H,31,33). The van der Waals surface area contributed by atoms with Crippen molar-refractivity contribution in [3.05, 3.63) is 58.5 Å². The molecule has 3 aromatic rings. The summed E-state index contributed by atoms with van der Waals surface area (Å²) in [5, 5.41) is 3.76. The first kappa shape index (κ1) is 24.1. The Morgan fingerprint density at radius 2 is 2.03 bits per heavy atom. The van der Waals surface area contributed by atoms with E-state index in [1.807, 2.05) is 50.3 Å². The number of nitrogens with zero attached hydrogens (tertiary/aromatic N) is 2. The number of nitrogens with one attached hydrogen (secondary N) is 2. The number of H-pyrrole nitrogens is 1. The lowest BCUT2D eigenvalue weighted by molar-refractivity contribution is -0.118. The average Bonchev–Trinajstić information content (AvgIpc) is 3.19. The molecular weight excluding hydrogens is 496 g/mol.